The molecule has 6 rings (SSSR count). The monoisotopic (exact) mass is 879 g/mol. The first-order valence-electron chi connectivity index (χ1n) is 23.6. The average Bonchev–Trinajstić information content (AvgIpc) is 3.97. The number of nitrogens with zero attached hydrogens (tertiary/aromatic N) is 4. The van der Waals surface area contributed by atoms with Gasteiger partial charge in [-0.15, -0.1) is 33.5 Å². The van der Waals surface area contributed by atoms with E-state index < -0.39 is 17.7 Å². The van der Waals surface area contributed by atoms with Gasteiger partial charge in [-0.25, -0.2) is 0 Å². The minimum atomic E-state index is -1.46. The van der Waals surface area contributed by atoms with Gasteiger partial charge in [-0.1, -0.05) is 151 Å². The smallest absolute Gasteiger partial charge is 0.664 e. The number of ether oxygens (including phenoxy) is 1. The summed E-state index contributed by atoms with van der Waals surface area (Å²) >= 11 is 0. The molecule has 10 heteroatoms. The number of esters is 1. The molecule has 8 bridgehead atoms. The summed E-state index contributed by atoms with van der Waals surface area (Å²) < 4.78 is 5.74. The Morgan fingerprint density at radius 3 is 2.12 bits per heavy atom. The minimum Gasteiger partial charge on any atom is -0.664 e. The molecule has 1 fully saturated rings. The summed E-state index contributed by atoms with van der Waals surface area (Å²) in [7, 11) is 0. The second kappa shape index (κ2) is 22.3. The maximum Gasteiger partial charge on any atom is 2.00 e. The molecule has 0 spiro atoms. The number of carboxylic acids is 1. The second-order valence-electron chi connectivity index (χ2n) is 19.2. The number of carbonyl (C=O) groups excluding carboxylic acids is 2. The molecule has 3 aromatic rings. The zero-order valence-electron chi connectivity index (χ0n) is 40.3. The summed E-state index contributed by atoms with van der Waals surface area (Å²) in [6.07, 6.45) is 22.1. The number of fused-ring (bicyclic) bond motifs is 7. The molecule has 340 valence electrons. The predicted molar refractivity (Wildman–Crippen MR) is 260 cm³/mol. The summed E-state index contributed by atoms with van der Waals surface area (Å²) in [4.78, 5) is 55.6. The van der Waals surface area contributed by atoms with Crippen LogP contribution in [0.2, 0.25) is 0 Å². The van der Waals surface area contributed by atoms with Crippen molar-refractivity contribution >= 4 is 70.7 Å². The number of hydrogen-bond donors (Lipinski definition) is 1. The molecule has 5 atom stereocenters. The van der Waals surface area contributed by atoms with Crippen LogP contribution in [0.1, 0.15) is 180 Å². The number of aromatic nitrogens is 3. The van der Waals surface area contributed by atoms with Crippen molar-refractivity contribution in [2.24, 2.45) is 35.5 Å². The van der Waals surface area contributed by atoms with Crippen molar-refractivity contribution in [2.45, 2.75) is 146 Å². The van der Waals surface area contributed by atoms with Gasteiger partial charge in [0.1, 0.15) is 12.5 Å². The van der Waals surface area contributed by atoms with Crippen molar-refractivity contribution < 1.29 is 24.2 Å². The molecule has 0 radical (unpaired) electrons. The fraction of sp³-hybridized carbons (Fsp3) is 0.537. The van der Waals surface area contributed by atoms with Crippen molar-refractivity contribution in [2.75, 3.05) is 6.61 Å². The molecule has 0 aromatic carbocycles. The van der Waals surface area contributed by atoms with Crippen LogP contribution in [0, 0.1) is 56.3 Å². The Morgan fingerprint density at radius 1 is 0.844 bits per heavy atom. The van der Waals surface area contributed by atoms with E-state index in [4.69, 9.17) is 25.0 Å². The number of rotatable bonds is 20. The molecule has 0 unspecified atom stereocenters. The van der Waals surface area contributed by atoms with Gasteiger partial charge in [0, 0.05) is 12.0 Å². The maximum atomic E-state index is 14.1. The number of carboxylic acid groups (broad SMARTS) is 1. The van der Waals surface area contributed by atoms with Crippen LogP contribution in [0.15, 0.2) is 29.6 Å². The number of hydrogen-bond acceptors (Lipinski definition) is 4. The largest absolute Gasteiger partial charge is 2.00 e. The molecule has 1 N–H and O–H groups in total. The van der Waals surface area contributed by atoms with Crippen molar-refractivity contribution in [3.63, 3.8) is 0 Å². The van der Waals surface area contributed by atoms with Gasteiger partial charge in [0.15, 0.2) is 5.78 Å². The van der Waals surface area contributed by atoms with Crippen molar-refractivity contribution in [3.8, 4) is 0 Å². The van der Waals surface area contributed by atoms with E-state index >= 15 is 0 Å². The summed E-state index contributed by atoms with van der Waals surface area (Å²) in [6.45, 7) is 25.8. The number of ketones is 1. The van der Waals surface area contributed by atoms with E-state index in [0.29, 0.717) is 51.8 Å². The second-order valence-corrected chi connectivity index (χ2v) is 19.2. The molecule has 3 aliphatic rings. The van der Waals surface area contributed by atoms with Gasteiger partial charge in [0.25, 0.3) is 0 Å². The number of aliphatic carboxylic acids is 1. The van der Waals surface area contributed by atoms with E-state index in [9.17, 15) is 19.5 Å². The van der Waals surface area contributed by atoms with Gasteiger partial charge in [-0.2, -0.15) is 11.4 Å². The fourth-order valence-corrected chi connectivity index (χ4v) is 9.97. The van der Waals surface area contributed by atoms with Crippen molar-refractivity contribution in [1.82, 2.24) is 15.0 Å². The molecule has 0 saturated carbocycles. The van der Waals surface area contributed by atoms with Crippen LogP contribution in [0.5, 0.6) is 0 Å². The predicted octanol–water partition coefficient (Wildman–Crippen LogP) is 10.3. The third-order valence-corrected chi connectivity index (χ3v) is 14.0. The molecule has 1 aliphatic carbocycles. The van der Waals surface area contributed by atoms with E-state index in [1.165, 1.54) is 50.5 Å². The third kappa shape index (κ3) is 11.2. The van der Waals surface area contributed by atoms with E-state index in [-0.39, 0.29) is 53.9 Å². The summed E-state index contributed by atoms with van der Waals surface area (Å²) in [5.41, 5.74) is 9.99. The molecular weight excluding hydrogens is 809 g/mol. The van der Waals surface area contributed by atoms with Crippen LogP contribution in [0.25, 0.3) is 35.2 Å². The summed E-state index contributed by atoms with van der Waals surface area (Å²) in [5.74, 6) is -1.82. The van der Waals surface area contributed by atoms with Crippen LogP contribution in [-0.4, -0.2) is 52.5 Å². The SMILES string of the molecule is C=Cc1c2[n-]c(c1C)/C=C1\[N-]/C(=C3\c4[n-]c(c(C)c4C(=O)[C@@H]3C(=O)O)/C=c3\[n-]/c(c(C)c3CC)=C\2)[C@@H](CCC(=O)OC/C=C(/C)CCC[C@H](C)CCC[C@H](C)CCCC(C)C)[C@@H]1C.[Mg+2]. The van der Waals surface area contributed by atoms with E-state index in [1.54, 1.807) is 0 Å². The van der Waals surface area contributed by atoms with E-state index in [0.717, 1.165) is 75.4 Å². The fourth-order valence-electron chi connectivity index (χ4n) is 9.97. The first-order chi connectivity index (χ1) is 30.0. The van der Waals surface area contributed by atoms with Crippen LogP contribution in [-0.2, 0) is 20.7 Å². The quantitative estimate of drug-likeness (QED) is 0.0513. The van der Waals surface area contributed by atoms with Crippen molar-refractivity contribution in [1.29, 1.82) is 0 Å². The molecule has 3 aromatic heterocycles. The number of allylic oxidation sites excluding steroid dienone is 3. The van der Waals surface area contributed by atoms with Crippen LogP contribution < -0.4 is 25.7 Å². The van der Waals surface area contributed by atoms with Crippen LogP contribution >= 0.6 is 0 Å². The Hall–Kier alpha value is -4.28. The van der Waals surface area contributed by atoms with Gasteiger partial charge in [0.05, 0.1) is 0 Å². The van der Waals surface area contributed by atoms with Gasteiger partial charge in [0.2, 0.25) is 0 Å². The van der Waals surface area contributed by atoms with E-state index in [2.05, 4.69) is 55.0 Å². The van der Waals surface area contributed by atoms with Gasteiger partial charge in [-0.05, 0) is 94.6 Å². The first-order valence-corrected chi connectivity index (χ1v) is 23.6. The molecule has 5 heterocycles. The summed E-state index contributed by atoms with van der Waals surface area (Å²) in [6, 6.07) is 0. The standard InChI is InChI=1S/C54H72N4O5.Mg/c1-12-38-34(8)41-27-43-36(10)40(23-24-47(59)63-26-25-33(7)22-16-21-32(6)20-15-19-31(5)18-14-17-30(3)4)51(57-43)49-50(54(61)62)53(60)48-37(11)44(58-52(48)49)29-46-39(13-2)35(9)42(56-46)28-45(38)55-41;/h12,25,27-32,36,40,50H,1,13-24,26H2,2-11H3,(H3,57,58,60,61,62);/q-2;+2/p-2/b33-25-,42-28-,43-27-,46-29-;/t31-,32-,36+,40+,50-;/m1./s1. The van der Waals surface area contributed by atoms with E-state index in [1.807, 2.05) is 51.2 Å². The molecule has 9 nitrogen and oxygen atoms in total. The van der Waals surface area contributed by atoms with Gasteiger partial charge < -0.3 is 30.1 Å². The van der Waals surface area contributed by atoms with Crippen LogP contribution in [0.3, 0.4) is 0 Å². The molecule has 64 heavy (non-hydrogen) atoms. The topological polar surface area (TPSA) is 137 Å². The minimum absolute atomic E-state index is 0. The summed E-state index contributed by atoms with van der Waals surface area (Å²) in [5, 5.41) is 17.3. The molecule has 2 aliphatic heterocycles. The number of Topliss-reactive ketones (excluding diaryl/α,β-unsaturated/α-hetero) is 1. The Labute approximate surface area is 398 Å². The molecule has 0 amide bonds. The van der Waals surface area contributed by atoms with Gasteiger partial charge in [-0.3, -0.25) is 14.4 Å². The zero-order valence-corrected chi connectivity index (χ0v) is 41.7. The molecule has 1 saturated heterocycles. The average molecular weight is 879 g/mol. The normalized spacial score (nSPS) is 21.9. The van der Waals surface area contributed by atoms with Crippen LogP contribution in [0.4, 0.5) is 0 Å². The number of carbonyl (C=O) groups is 3. The van der Waals surface area contributed by atoms with Gasteiger partial charge >= 0.3 is 35.0 Å². The Morgan fingerprint density at radius 2 is 1.48 bits per heavy atom. The Bertz CT molecular complexity index is 2440. The zero-order chi connectivity index (χ0) is 45.7. The Balaban J connectivity index is 0.00000771. The Kier molecular flexibility index (Phi) is 17.6. The molecular formula is C54H70MgN4O5-2. The van der Waals surface area contributed by atoms with Crippen molar-refractivity contribution in [3.05, 3.63) is 102 Å². The first kappa shape index (κ1) is 50.7. The third-order valence-electron chi connectivity index (χ3n) is 14.0. The maximum absolute atomic E-state index is 14.1.